The smallest absolute Gasteiger partial charge is 0.349 e. The first-order chi connectivity index (χ1) is 12.6. The lowest BCUT2D eigenvalue weighted by molar-refractivity contribution is -0.165. The maximum atomic E-state index is 15.4. The van der Waals surface area contributed by atoms with Crippen LogP contribution in [0.15, 0.2) is 17.1 Å². The van der Waals surface area contributed by atoms with Gasteiger partial charge in [0.25, 0.3) is 0 Å². The number of halogens is 2. The van der Waals surface area contributed by atoms with Crippen LogP contribution < -0.4 is 17.2 Å². The topological polar surface area (TPSA) is 143 Å². The molecule has 1 saturated heterocycles. The summed E-state index contributed by atoms with van der Waals surface area (Å²) >= 11 is 5.91. The number of esters is 1. The molecule has 3 rings (SSSR count). The van der Waals surface area contributed by atoms with E-state index in [0.29, 0.717) is 0 Å². The van der Waals surface area contributed by atoms with Gasteiger partial charge < -0.3 is 26.0 Å². The molecule has 9 nitrogen and oxygen atoms in total. The summed E-state index contributed by atoms with van der Waals surface area (Å²) in [5, 5.41) is 10.6. The van der Waals surface area contributed by atoms with Crippen molar-refractivity contribution in [3.8, 4) is 0 Å². The number of ether oxygens (including phenoxy) is 2. The van der Waals surface area contributed by atoms with Crippen LogP contribution >= 0.6 is 11.6 Å². The van der Waals surface area contributed by atoms with Crippen molar-refractivity contribution in [3.05, 3.63) is 22.7 Å². The predicted molar refractivity (Wildman–Crippen MR) is 93.9 cm³/mol. The standard InChI is InChI=1S/C16H22ClFN4O5/c1-7(2)9(20)12(23)26-6-15(5-17)13(24)16(18)10(11(16)27-15)22-4-3-8(19)21-14(22)25/h3-4,7,9-11,13,24H,5-6,20H2,1-2H3,(H2,19,21,25). The van der Waals surface area contributed by atoms with Crippen molar-refractivity contribution in [1.29, 1.82) is 0 Å². The molecule has 1 aromatic heterocycles. The number of aliphatic hydroxyl groups excluding tert-OH is 1. The lowest BCUT2D eigenvalue weighted by atomic mass is 9.95. The Bertz CT molecular complexity index is 807. The second-order valence-corrected chi connectivity index (χ2v) is 7.60. The quantitative estimate of drug-likeness (QED) is 0.419. The van der Waals surface area contributed by atoms with Gasteiger partial charge >= 0.3 is 11.7 Å². The van der Waals surface area contributed by atoms with Crippen molar-refractivity contribution >= 4 is 23.4 Å². The molecule has 6 atom stereocenters. The Morgan fingerprint density at radius 1 is 1.59 bits per heavy atom. The summed E-state index contributed by atoms with van der Waals surface area (Å²) in [5.74, 6) is -1.18. The first-order valence-corrected chi connectivity index (χ1v) is 8.99. The van der Waals surface area contributed by atoms with E-state index in [1.165, 1.54) is 12.3 Å². The minimum atomic E-state index is -2.26. The number of aromatic nitrogens is 2. The maximum Gasteiger partial charge on any atom is 0.349 e. The molecule has 2 fully saturated rings. The lowest BCUT2D eigenvalue weighted by Crippen LogP contribution is -2.53. The third kappa shape index (κ3) is 3.00. The van der Waals surface area contributed by atoms with Gasteiger partial charge in [0, 0.05) is 6.20 Å². The third-order valence-corrected chi connectivity index (χ3v) is 5.63. The molecule has 2 heterocycles. The van der Waals surface area contributed by atoms with Crippen molar-refractivity contribution in [3.63, 3.8) is 0 Å². The van der Waals surface area contributed by atoms with Crippen LogP contribution in [0.1, 0.15) is 19.9 Å². The summed E-state index contributed by atoms with van der Waals surface area (Å²) in [6, 6.07) is -0.593. The zero-order chi connectivity index (χ0) is 20.1. The fourth-order valence-corrected chi connectivity index (χ4v) is 3.62. The lowest BCUT2D eigenvalue weighted by Gasteiger charge is -2.33. The number of rotatable bonds is 6. The van der Waals surface area contributed by atoms with Crippen LogP contribution in [0, 0.1) is 5.92 Å². The Kier molecular flexibility index (Phi) is 4.96. The third-order valence-electron chi connectivity index (χ3n) is 5.17. The Balaban J connectivity index is 1.76. The first kappa shape index (κ1) is 20.0. The van der Waals surface area contributed by atoms with Gasteiger partial charge in [-0.3, -0.25) is 9.36 Å². The molecule has 150 valence electrons. The monoisotopic (exact) mass is 404 g/mol. The molecular weight excluding hydrogens is 383 g/mol. The Hall–Kier alpha value is -1.75. The van der Waals surface area contributed by atoms with Gasteiger partial charge in [0.2, 0.25) is 0 Å². The van der Waals surface area contributed by atoms with Crippen molar-refractivity contribution in [2.24, 2.45) is 11.7 Å². The molecule has 2 aliphatic rings. The highest BCUT2D eigenvalue weighted by molar-refractivity contribution is 6.18. The van der Waals surface area contributed by atoms with Crippen molar-refractivity contribution < 1.29 is 23.8 Å². The molecule has 0 bridgehead atoms. The van der Waals surface area contributed by atoms with Crippen LogP contribution in [-0.2, 0) is 14.3 Å². The molecule has 0 amide bonds. The number of hydrogen-bond donors (Lipinski definition) is 3. The maximum absolute atomic E-state index is 15.4. The fourth-order valence-electron chi connectivity index (χ4n) is 3.34. The van der Waals surface area contributed by atoms with Crippen molar-refractivity contribution in [2.45, 2.75) is 49.4 Å². The number of nitrogens with two attached hydrogens (primary N) is 2. The molecule has 1 aliphatic carbocycles. The van der Waals surface area contributed by atoms with Crippen LogP contribution in [-0.4, -0.2) is 62.6 Å². The zero-order valence-corrected chi connectivity index (χ0v) is 15.6. The van der Waals surface area contributed by atoms with Crippen LogP contribution in [0.3, 0.4) is 0 Å². The summed E-state index contributed by atoms with van der Waals surface area (Å²) < 4.78 is 27.1. The molecule has 1 aromatic rings. The molecule has 6 unspecified atom stereocenters. The highest BCUT2D eigenvalue weighted by atomic mass is 35.5. The van der Waals surface area contributed by atoms with E-state index in [-0.39, 0.29) is 17.6 Å². The van der Waals surface area contributed by atoms with Gasteiger partial charge in [-0.1, -0.05) is 13.8 Å². The molecule has 0 spiro atoms. The molecule has 27 heavy (non-hydrogen) atoms. The van der Waals surface area contributed by atoms with Gasteiger partial charge in [-0.25, -0.2) is 9.18 Å². The SMILES string of the molecule is CC(C)C(N)C(=O)OCC1(CCl)OC2C(n3ccc(N)nc3=O)C2(F)C1O. The Morgan fingerprint density at radius 3 is 2.74 bits per heavy atom. The molecule has 11 heteroatoms. The van der Waals surface area contributed by atoms with E-state index in [1.807, 2.05) is 0 Å². The molecule has 0 radical (unpaired) electrons. The minimum absolute atomic E-state index is 0.0000527. The van der Waals surface area contributed by atoms with Gasteiger partial charge in [-0.15, -0.1) is 11.6 Å². The largest absolute Gasteiger partial charge is 0.461 e. The average molecular weight is 405 g/mol. The van der Waals surface area contributed by atoms with E-state index >= 15 is 4.39 Å². The summed E-state index contributed by atoms with van der Waals surface area (Å²) in [4.78, 5) is 27.4. The first-order valence-electron chi connectivity index (χ1n) is 8.46. The number of fused-ring (bicyclic) bond motifs is 1. The number of carbonyl (C=O) groups is 1. The molecule has 5 N–H and O–H groups in total. The van der Waals surface area contributed by atoms with Gasteiger partial charge in [-0.2, -0.15) is 4.98 Å². The summed E-state index contributed by atoms with van der Waals surface area (Å²) in [5.41, 5.74) is 6.49. The number of nitrogen functional groups attached to an aromatic ring is 1. The second kappa shape index (κ2) is 6.69. The molecule has 1 saturated carbocycles. The average Bonchev–Trinajstić information content (AvgIpc) is 3.13. The van der Waals surface area contributed by atoms with Crippen LogP contribution in [0.5, 0.6) is 0 Å². The van der Waals surface area contributed by atoms with E-state index in [9.17, 15) is 14.7 Å². The molecule has 0 aromatic carbocycles. The summed E-state index contributed by atoms with van der Waals surface area (Å²) in [6.07, 6.45) is -1.56. The highest BCUT2D eigenvalue weighted by Gasteiger charge is 2.83. The predicted octanol–water partition coefficient (Wildman–Crippen LogP) is -0.648. The second-order valence-electron chi connectivity index (χ2n) is 7.33. The minimum Gasteiger partial charge on any atom is -0.461 e. The number of nitrogens with zero attached hydrogens (tertiary/aromatic N) is 2. The van der Waals surface area contributed by atoms with E-state index in [1.54, 1.807) is 13.8 Å². The molecule has 1 aliphatic heterocycles. The van der Waals surface area contributed by atoms with E-state index in [4.69, 9.17) is 32.5 Å². The van der Waals surface area contributed by atoms with E-state index in [2.05, 4.69) is 4.98 Å². The van der Waals surface area contributed by atoms with Crippen LogP contribution in [0.2, 0.25) is 0 Å². The zero-order valence-electron chi connectivity index (χ0n) is 14.8. The highest BCUT2D eigenvalue weighted by Crippen LogP contribution is 2.64. The Labute approximate surface area is 159 Å². The number of anilines is 1. The fraction of sp³-hybridized carbons (Fsp3) is 0.688. The number of carbonyl (C=O) groups excluding carboxylic acids is 1. The van der Waals surface area contributed by atoms with E-state index in [0.717, 1.165) is 4.57 Å². The van der Waals surface area contributed by atoms with Gasteiger partial charge in [0.15, 0.2) is 5.67 Å². The van der Waals surface area contributed by atoms with Crippen molar-refractivity contribution in [1.82, 2.24) is 9.55 Å². The summed E-state index contributed by atoms with van der Waals surface area (Å²) in [7, 11) is 0. The number of hydrogen-bond acceptors (Lipinski definition) is 8. The van der Waals surface area contributed by atoms with Crippen molar-refractivity contribution in [2.75, 3.05) is 18.2 Å². The number of alkyl halides is 2. The Morgan fingerprint density at radius 2 is 2.26 bits per heavy atom. The van der Waals surface area contributed by atoms with Gasteiger partial charge in [0.1, 0.15) is 42.3 Å². The van der Waals surface area contributed by atoms with Gasteiger partial charge in [0.05, 0.1) is 5.88 Å². The normalized spacial score (nSPS) is 35.7. The van der Waals surface area contributed by atoms with Gasteiger partial charge in [-0.05, 0) is 12.0 Å². The molecular formula is C16H22ClFN4O5. The van der Waals surface area contributed by atoms with E-state index < -0.39 is 53.8 Å². The summed E-state index contributed by atoms with van der Waals surface area (Å²) in [6.45, 7) is 3.04. The van der Waals surface area contributed by atoms with Crippen LogP contribution in [0.25, 0.3) is 0 Å². The number of aliphatic hydroxyl groups is 1. The van der Waals surface area contributed by atoms with Crippen LogP contribution in [0.4, 0.5) is 10.2 Å².